The van der Waals surface area contributed by atoms with Crippen LogP contribution in [0, 0.1) is 0 Å². The van der Waals surface area contributed by atoms with Gasteiger partial charge in [0.2, 0.25) is 0 Å². The minimum atomic E-state index is 0. The molecule has 1 aliphatic carbocycles. The molecule has 6 heavy (non-hydrogen) atoms. The zero-order valence-corrected chi connectivity index (χ0v) is 6.49. The molecule has 0 spiro atoms. The van der Waals surface area contributed by atoms with Gasteiger partial charge in [-0.1, -0.05) is 32.1 Å². The Morgan fingerprint density at radius 1 is 0.500 bits per heavy atom. The summed E-state index contributed by atoms with van der Waals surface area (Å²) in [6, 6.07) is 0. The van der Waals surface area contributed by atoms with Gasteiger partial charge in [-0.05, 0) is 0 Å². The van der Waals surface area contributed by atoms with Gasteiger partial charge in [-0.25, -0.2) is 0 Å². The summed E-state index contributed by atoms with van der Waals surface area (Å²) >= 11 is 0. The summed E-state index contributed by atoms with van der Waals surface area (Å²) in [4.78, 5) is 0. The largest absolute Gasteiger partial charge is 0.0533 e. The van der Waals surface area contributed by atoms with Crippen molar-refractivity contribution in [3.63, 3.8) is 0 Å². The van der Waals surface area contributed by atoms with E-state index in [1.165, 1.54) is 32.1 Å². The third-order valence-electron chi connectivity index (χ3n) is 1.25. The first-order valence-electron chi connectivity index (χ1n) is 2.50. The molecule has 0 radical (unpaired) electrons. The summed E-state index contributed by atoms with van der Waals surface area (Å²) in [7, 11) is 0. The monoisotopic (exact) mass is 160 g/mol. The maximum absolute atomic E-state index is 1.50. The van der Waals surface area contributed by atoms with Crippen LogP contribution in [0.3, 0.4) is 0 Å². The van der Waals surface area contributed by atoms with Gasteiger partial charge in [-0.15, -0.1) is 0 Å². The van der Waals surface area contributed by atoms with Crippen LogP contribution in [0.1, 0.15) is 32.1 Å². The van der Waals surface area contributed by atoms with E-state index in [0.717, 1.165) is 0 Å². The van der Waals surface area contributed by atoms with Crippen molar-refractivity contribution >= 4 is 0 Å². The number of hydrogen-bond acceptors (Lipinski definition) is 0. The van der Waals surface area contributed by atoms with Crippen molar-refractivity contribution in [3.05, 3.63) is 0 Å². The summed E-state index contributed by atoms with van der Waals surface area (Å²) in [5.74, 6) is 0. The van der Waals surface area contributed by atoms with Crippen molar-refractivity contribution in [2.45, 2.75) is 32.1 Å². The third kappa shape index (κ3) is 2.13. The summed E-state index contributed by atoms with van der Waals surface area (Å²) < 4.78 is 0. The van der Waals surface area contributed by atoms with E-state index < -0.39 is 0 Å². The van der Waals surface area contributed by atoms with Gasteiger partial charge in [0.25, 0.3) is 0 Å². The fourth-order valence-electron chi connectivity index (χ4n) is 0.884. The molecule has 0 unspecified atom stereocenters. The molecule has 0 aromatic rings. The van der Waals surface area contributed by atoms with Crippen LogP contribution in [0.2, 0.25) is 0 Å². The van der Waals surface area contributed by atoms with Crippen molar-refractivity contribution in [3.8, 4) is 0 Å². The topological polar surface area (TPSA) is 0 Å². The summed E-state index contributed by atoms with van der Waals surface area (Å²) in [5.41, 5.74) is 0. The molecule has 34 valence electrons. The van der Waals surface area contributed by atoms with E-state index in [1.54, 1.807) is 0 Å². The minimum absolute atomic E-state index is 0. The van der Waals surface area contributed by atoms with Crippen molar-refractivity contribution in [1.29, 1.82) is 0 Å². The van der Waals surface area contributed by atoms with Gasteiger partial charge in [0.05, 0.1) is 0 Å². The first-order valence-corrected chi connectivity index (χ1v) is 2.50. The Balaban J connectivity index is 0.000000250. The Bertz CT molecular complexity index is 15.5. The van der Waals surface area contributed by atoms with E-state index in [4.69, 9.17) is 0 Å². The SMILES string of the molecule is C1CCCC1.[Zr]. The molecule has 0 aromatic heterocycles. The van der Waals surface area contributed by atoms with E-state index in [9.17, 15) is 0 Å². The van der Waals surface area contributed by atoms with Gasteiger partial charge in [0, 0.05) is 26.2 Å². The zero-order valence-electron chi connectivity index (χ0n) is 4.04. The molecule has 0 atom stereocenters. The second-order valence-corrected chi connectivity index (χ2v) is 1.77. The molecule has 1 saturated carbocycles. The van der Waals surface area contributed by atoms with Crippen LogP contribution in [0.4, 0.5) is 0 Å². The number of hydrogen-bond donors (Lipinski definition) is 0. The smallest absolute Gasteiger partial charge is 0 e. The second-order valence-electron chi connectivity index (χ2n) is 1.77. The van der Waals surface area contributed by atoms with Crippen LogP contribution >= 0.6 is 0 Å². The molecule has 0 heterocycles. The van der Waals surface area contributed by atoms with Crippen molar-refractivity contribution in [1.82, 2.24) is 0 Å². The van der Waals surface area contributed by atoms with Crippen LogP contribution in [0.5, 0.6) is 0 Å². The van der Waals surface area contributed by atoms with Crippen LogP contribution in [0.15, 0.2) is 0 Å². The maximum Gasteiger partial charge on any atom is 0 e. The third-order valence-corrected chi connectivity index (χ3v) is 1.25. The Morgan fingerprint density at radius 2 is 0.667 bits per heavy atom. The van der Waals surface area contributed by atoms with Crippen molar-refractivity contribution in [2.24, 2.45) is 0 Å². The molecule has 0 amide bonds. The Hall–Kier alpha value is 0.883. The molecule has 0 N–H and O–H groups in total. The summed E-state index contributed by atoms with van der Waals surface area (Å²) in [6.07, 6.45) is 7.50. The van der Waals surface area contributed by atoms with Gasteiger partial charge in [-0.2, -0.15) is 0 Å². The van der Waals surface area contributed by atoms with Crippen molar-refractivity contribution < 1.29 is 26.2 Å². The molecule has 1 rings (SSSR count). The van der Waals surface area contributed by atoms with Crippen LogP contribution in [-0.4, -0.2) is 0 Å². The van der Waals surface area contributed by atoms with Gasteiger partial charge in [-0.3, -0.25) is 0 Å². The predicted octanol–water partition coefficient (Wildman–Crippen LogP) is 1.95. The first kappa shape index (κ1) is 6.88. The fraction of sp³-hybridized carbons (Fsp3) is 1.00. The molecule has 0 bridgehead atoms. The molecular weight excluding hydrogens is 151 g/mol. The Kier molecular flexibility index (Phi) is 4.65. The summed E-state index contributed by atoms with van der Waals surface area (Å²) in [6.45, 7) is 0. The first-order chi connectivity index (χ1) is 2.50. The van der Waals surface area contributed by atoms with Crippen LogP contribution in [-0.2, 0) is 26.2 Å². The quantitative estimate of drug-likeness (QED) is 0.509. The average molecular weight is 161 g/mol. The average Bonchev–Trinajstić information content (AvgIpc) is 1.76. The van der Waals surface area contributed by atoms with Gasteiger partial charge >= 0.3 is 0 Å². The molecular formula is C5H10Zr. The molecule has 0 aliphatic heterocycles. The van der Waals surface area contributed by atoms with Crippen molar-refractivity contribution in [2.75, 3.05) is 0 Å². The Labute approximate surface area is 58.4 Å². The maximum atomic E-state index is 1.50. The van der Waals surface area contributed by atoms with Crippen LogP contribution < -0.4 is 0 Å². The molecule has 1 fully saturated rings. The zero-order chi connectivity index (χ0) is 3.54. The van der Waals surface area contributed by atoms with E-state index in [1.807, 2.05) is 0 Å². The van der Waals surface area contributed by atoms with E-state index in [0.29, 0.717) is 0 Å². The minimum Gasteiger partial charge on any atom is -0.0533 e. The molecule has 1 heteroatoms. The normalized spacial score (nSPS) is 20.0. The van der Waals surface area contributed by atoms with Crippen LogP contribution in [0.25, 0.3) is 0 Å². The standard InChI is InChI=1S/C5H10.Zr/c1-2-4-5-3-1;/h1-5H2;. The van der Waals surface area contributed by atoms with E-state index >= 15 is 0 Å². The second kappa shape index (κ2) is 4.05. The molecule has 0 aromatic carbocycles. The molecule has 1 aliphatic rings. The summed E-state index contributed by atoms with van der Waals surface area (Å²) in [5, 5.41) is 0. The van der Waals surface area contributed by atoms with Gasteiger partial charge < -0.3 is 0 Å². The Morgan fingerprint density at radius 3 is 0.833 bits per heavy atom. The number of rotatable bonds is 0. The van der Waals surface area contributed by atoms with E-state index in [-0.39, 0.29) is 26.2 Å². The predicted molar refractivity (Wildman–Crippen MR) is 23.1 cm³/mol. The van der Waals surface area contributed by atoms with E-state index in [2.05, 4.69) is 0 Å². The fourth-order valence-corrected chi connectivity index (χ4v) is 0.884. The molecule has 0 saturated heterocycles. The molecule has 0 nitrogen and oxygen atoms in total. The van der Waals surface area contributed by atoms with Gasteiger partial charge in [0.1, 0.15) is 0 Å². The van der Waals surface area contributed by atoms with Gasteiger partial charge in [0.15, 0.2) is 0 Å².